The summed E-state index contributed by atoms with van der Waals surface area (Å²) in [5, 5.41) is 11.8. The molecule has 2 saturated heterocycles. The van der Waals surface area contributed by atoms with E-state index in [9.17, 15) is 14.4 Å². The van der Waals surface area contributed by atoms with Crippen molar-refractivity contribution in [3.05, 3.63) is 28.3 Å². The molecule has 1 atom stereocenters. The zero-order valence-corrected chi connectivity index (χ0v) is 14.5. The zero-order valence-electron chi connectivity index (χ0n) is 14.5. The first-order valence-corrected chi connectivity index (χ1v) is 8.69. The van der Waals surface area contributed by atoms with Crippen LogP contribution >= 0.6 is 0 Å². The fourth-order valence-electron chi connectivity index (χ4n) is 3.11. The number of amides is 2. The molecular weight excluding hydrogens is 342 g/mol. The van der Waals surface area contributed by atoms with Crippen LogP contribution in [0.4, 0.5) is 0 Å². The predicted molar refractivity (Wildman–Crippen MR) is 90.4 cm³/mol. The fourth-order valence-corrected chi connectivity index (χ4v) is 3.11. The Morgan fingerprint density at radius 1 is 1.27 bits per heavy atom. The molecule has 0 spiro atoms. The van der Waals surface area contributed by atoms with E-state index in [0.717, 1.165) is 32.0 Å². The van der Waals surface area contributed by atoms with Crippen LogP contribution in [0.15, 0.2) is 21.5 Å². The SMILES string of the molecule is O=C(NCc1cc(=O)c(O)co1)C1CC(=O)N(CCN2CCOCC2)C1. The third-order valence-electron chi connectivity index (χ3n) is 4.68. The van der Waals surface area contributed by atoms with Gasteiger partial charge in [0, 0.05) is 45.2 Å². The minimum Gasteiger partial charge on any atom is -0.502 e. The average Bonchev–Trinajstić information content (AvgIpc) is 3.02. The van der Waals surface area contributed by atoms with Gasteiger partial charge in [0.2, 0.25) is 17.2 Å². The van der Waals surface area contributed by atoms with Gasteiger partial charge in [0.15, 0.2) is 5.75 Å². The van der Waals surface area contributed by atoms with Crippen LogP contribution in [0.1, 0.15) is 12.2 Å². The number of carbonyl (C=O) groups excluding carboxylic acids is 2. The lowest BCUT2D eigenvalue weighted by Gasteiger charge is -2.28. The number of nitrogens with zero attached hydrogens (tertiary/aromatic N) is 2. The van der Waals surface area contributed by atoms with Crippen molar-refractivity contribution in [3.63, 3.8) is 0 Å². The molecule has 2 N–H and O–H groups in total. The molecule has 1 aromatic rings. The minimum absolute atomic E-state index is 0.0189. The van der Waals surface area contributed by atoms with Crippen molar-refractivity contribution >= 4 is 11.8 Å². The van der Waals surface area contributed by atoms with Crippen LogP contribution in [-0.4, -0.2) is 72.7 Å². The number of nitrogens with one attached hydrogen (secondary N) is 1. The smallest absolute Gasteiger partial charge is 0.226 e. The van der Waals surface area contributed by atoms with Gasteiger partial charge in [-0.2, -0.15) is 0 Å². The number of ether oxygens (including phenoxy) is 1. The summed E-state index contributed by atoms with van der Waals surface area (Å²) in [4.78, 5) is 39.7. The molecule has 2 fully saturated rings. The van der Waals surface area contributed by atoms with Crippen molar-refractivity contribution in [2.45, 2.75) is 13.0 Å². The van der Waals surface area contributed by atoms with E-state index in [4.69, 9.17) is 14.3 Å². The molecule has 3 rings (SSSR count). The maximum atomic E-state index is 12.3. The van der Waals surface area contributed by atoms with Gasteiger partial charge in [0.1, 0.15) is 12.0 Å². The Kier molecular flexibility index (Phi) is 5.89. The van der Waals surface area contributed by atoms with Crippen molar-refractivity contribution in [1.29, 1.82) is 0 Å². The van der Waals surface area contributed by atoms with Gasteiger partial charge in [-0.05, 0) is 0 Å². The van der Waals surface area contributed by atoms with Gasteiger partial charge < -0.3 is 24.5 Å². The summed E-state index contributed by atoms with van der Waals surface area (Å²) >= 11 is 0. The fraction of sp³-hybridized carbons (Fsp3) is 0.588. The Bertz CT molecular complexity index is 713. The second kappa shape index (κ2) is 8.33. The average molecular weight is 365 g/mol. The molecule has 2 aliphatic rings. The van der Waals surface area contributed by atoms with Crippen LogP contribution < -0.4 is 10.7 Å². The van der Waals surface area contributed by atoms with E-state index >= 15 is 0 Å². The lowest BCUT2D eigenvalue weighted by atomic mass is 10.1. The summed E-state index contributed by atoms with van der Waals surface area (Å²) in [7, 11) is 0. The number of likely N-dealkylation sites (tertiary alicyclic amines) is 1. The van der Waals surface area contributed by atoms with Crippen LogP contribution in [0.25, 0.3) is 0 Å². The molecule has 9 nitrogen and oxygen atoms in total. The topological polar surface area (TPSA) is 112 Å². The molecule has 142 valence electrons. The van der Waals surface area contributed by atoms with E-state index in [2.05, 4.69) is 10.2 Å². The highest BCUT2D eigenvalue weighted by molar-refractivity contribution is 5.89. The van der Waals surface area contributed by atoms with Gasteiger partial charge >= 0.3 is 0 Å². The van der Waals surface area contributed by atoms with Crippen LogP contribution in [0, 0.1) is 5.92 Å². The van der Waals surface area contributed by atoms with E-state index < -0.39 is 17.1 Å². The molecule has 1 unspecified atom stereocenters. The Balaban J connectivity index is 1.45. The van der Waals surface area contributed by atoms with Gasteiger partial charge in [0.05, 0.1) is 25.7 Å². The van der Waals surface area contributed by atoms with Crippen LogP contribution in [-0.2, 0) is 20.9 Å². The van der Waals surface area contributed by atoms with E-state index in [1.54, 1.807) is 4.90 Å². The molecule has 0 aliphatic carbocycles. The number of hydrogen-bond donors (Lipinski definition) is 2. The van der Waals surface area contributed by atoms with Gasteiger partial charge in [0.25, 0.3) is 0 Å². The molecular formula is C17H23N3O6. The third-order valence-corrected chi connectivity index (χ3v) is 4.68. The Morgan fingerprint density at radius 2 is 2.04 bits per heavy atom. The zero-order chi connectivity index (χ0) is 18.5. The van der Waals surface area contributed by atoms with Crippen LogP contribution in [0.5, 0.6) is 5.75 Å². The Labute approximate surface area is 150 Å². The number of hydrogen-bond acceptors (Lipinski definition) is 7. The van der Waals surface area contributed by atoms with Crippen molar-refractivity contribution in [2.24, 2.45) is 5.92 Å². The molecule has 0 aromatic carbocycles. The molecule has 2 aliphatic heterocycles. The minimum atomic E-state index is -0.564. The van der Waals surface area contributed by atoms with E-state index in [1.807, 2.05) is 0 Å². The molecule has 26 heavy (non-hydrogen) atoms. The second-order valence-corrected chi connectivity index (χ2v) is 6.51. The number of aromatic hydroxyl groups is 1. The first-order valence-electron chi connectivity index (χ1n) is 8.69. The first-order chi connectivity index (χ1) is 12.5. The summed E-state index contributed by atoms with van der Waals surface area (Å²) in [5.41, 5.74) is -0.564. The summed E-state index contributed by atoms with van der Waals surface area (Å²) in [6, 6.07) is 1.13. The molecule has 9 heteroatoms. The van der Waals surface area contributed by atoms with Crippen LogP contribution in [0.2, 0.25) is 0 Å². The van der Waals surface area contributed by atoms with E-state index in [0.29, 0.717) is 26.3 Å². The van der Waals surface area contributed by atoms with Gasteiger partial charge in [-0.15, -0.1) is 0 Å². The highest BCUT2D eigenvalue weighted by Crippen LogP contribution is 2.18. The normalized spacial score (nSPS) is 21.2. The maximum Gasteiger partial charge on any atom is 0.226 e. The number of carbonyl (C=O) groups is 2. The van der Waals surface area contributed by atoms with E-state index in [1.165, 1.54) is 0 Å². The molecule has 0 bridgehead atoms. The van der Waals surface area contributed by atoms with Crippen LogP contribution in [0.3, 0.4) is 0 Å². The maximum absolute atomic E-state index is 12.3. The number of rotatable bonds is 6. The van der Waals surface area contributed by atoms with Gasteiger partial charge in [-0.1, -0.05) is 0 Å². The summed E-state index contributed by atoms with van der Waals surface area (Å²) in [5.74, 6) is -0.902. The van der Waals surface area contributed by atoms with Gasteiger partial charge in [-0.3, -0.25) is 19.3 Å². The van der Waals surface area contributed by atoms with Crippen molar-refractivity contribution in [3.8, 4) is 5.75 Å². The third kappa shape index (κ3) is 4.61. The Hall–Kier alpha value is -2.39. The van der Waals surface area contributed by atoms with Crippen molar-refractivity contribution < 1.29 is 23.8 Å². The Morgan fingerprint density at radius 3 is 2.77 bits per heavy atom. The highest BCUT2D eigenvalue weighted by atomic mass is 16.5. The van der Waals surface area contributed by atoms with Crippen molar-refractivity contribution in [2.75, 3.05) is 45.9 Å². The van der Waals surface area contributed by atoms with Gasteiger partial charge in [-0.25, -0.2) is 0 Å². The standard InChI is InChI=1S/C17H23N3O6/c21-14-8-13(26-11-15(14)22)9-18-17(24)12-7-16(23)20(10-12)2-1-19-3-5-25-6-4-19/h8,11-12,22H,1-7,9-10H2,(H,18,24). The molecule has 3 heterocycles. The number of morpholine rings is 1. The van der Waals surface area contributed by atoms with E-state index in [-0.39, 0.29) is 30.5 Å². The molecule has 2 amide bonds. The molecule has 0 radical (unpaired) electrons. The first kappa shape index (κ1) is 18.4. The molecule has 1 aromatic heterocycles. The molecule has 0 saturated carbocycles. The highest BCUT2D eigenvalue weighted by Gasteiger charge is 2.34. The lowest BCUT2D eigenvalue weighted by Crippen LogP contribution is -2.42. The largest absolute Gasteiger partial charge is 0.502 e. The second-order valence-electron chi connectivity index (χ2n) is 6.51. The summed E-state index contributed by atoms with van der Waals surface area (Å²) in [6.07, 6.45) is 1.13. The monoisotopic (exact) mass is 365 g/mol. The summed E-state index contributed by atoms with van der Waals surface area (Å²) in [6.45, 7) is 4.98. The predicted octanol–water partition coefficient (Wildman–Crippen LogP) is -0.858. The summed E-state index contributed by atoms with van der Waals surface area (Å²) < 4.78 is 10.3. The lowest BCUT2D eigenvalue weighted by molar-refractivity contribution is -0.129. The quantitative estimate of drug-likeness (QED) is 0.675. The van der Waals surface area contributed by atoms with Crippen molar-refractivity contribution in [1.82, 2.24) is 15.1 Å².